The van der Waals surface area contributed by atoms with E-state index in [9.17, 15) is 9.36 Å². The summed E-state index contributed by atoms with van der Waals surface area (Å²) in [6, 6.07) is 0. The molecule has 0 aromatic rings. The monoisotopic (exact) mass is 672 g/mol. The highest BCUT2D eigenvalue weighted by Crippen LogP contribution is 2.36. The van der Waals surface area contributed by atoms with Crippen molar-refractivity contribution in [3.63, 3.8) is 0 Å². The third kappa shape index (κ3) is 29.0. The number of epoxide rings is 1. The number of phosphoric ester groups is 1. The van der Waals surface area contributed by atoms with Crippen molar-refractivity contribution >= 4 is 13.8 Å². The van der Waals surface area contributed by atoms with Crippen LogP contribution in [0.15, 0.2) is 24.5 Å². The molecule has 1 aliphatic rings. The van der Waals surface area contributed by atoms with E-state index in [1.54, 1.807) is 6.26 Å². The zero-order valence-corrected chi connectivity index (χ0v) is 30.3. The average Bonchev–Trinajstić information content (AvgIpc) is 3.78. The van der Waals surface area contributed by atoms with E-state index in [1.807, 2.05) is 6.08 Å². The van der Waals surface area contributed by atoms with E-state index in [-0.39, 0.29) is 13.0 Å². The van der Waals surface area contributed by atoms with E-state index in [0.29, 0.717) is 12.2 Å². The Labute approximate surface area is 281 Å². The molecule has 3 atom stereocenters. The van der Waals surface area contributed by atoms with Gasteiger partial charge < -0.3 is 24.0 Å². The molecule has 0 amide bonds. The molecule has 1 saturated heterocycles. The topological polar surface area (TPSA) is 115 Å². The summed E-state index contributed by atoms with van der Waals surface area (Å²) in [6.45, 7) is 4.05. The highest BCUT2D eigenvalue weighted by atomic mass is 31.2. The number of hydrogen-bond donors (Lipinski definition) is 2. The summed E-state index contributed by atoms with van der Waals surface area (Å²) in [5, 5.41) is 0. The molecule has 46 heavy (non-hydrogen) atoms. The van der Waals surface area contributed by atoms with Crippen LogP contribution in [0, 0.1) is 0 Å². The van der Waals surface area contributed by atoms with Crippen LogP contribution in [0.1, 0.15) is 174 Å². The Morgan fingerprint density at radius 3 is 1.89 bits per heavy atom. The molecule has 0 aliphatic carbocycles. The van der Waals surface area contributed by atoms with Crippen molar-refractivity contribution in [2.24, 2.45) is 0 Å². The Kier molecular flexibility index (Phi) is 27.9. The van der Waals surface area contributed by atoms with Gasteiger partial charge in [0.1, 0.15) is 6.61 Å². The molecule has 0 aromatic carbocycles. The first kappa shape index (κ1) is 42.8. The van der Waals surface area contributed by atoms with Gasteiger partial charge in [0.05, 0.1) is 25.1 Å². The molecule has 270 valence electrons. The lowest BCUT2D eigenvalue weighted by Crippen LogP contribution is -2.27. The molecule has 1 aliphatic heterocycles. The maximum atomic E-state index is 12.4. The van der Waals surface area contributed by atoms with Gasteiger partial charge >= 0.3 is 13.8 Å². The van der Waals surface area contributed by atoms with Crippen LogP contribution >= 0.6 is 7.82 Å². The second kappa shape index (κ2) is 29.9. The number of allylic oxidation sites excluding steroid dienone is 2. The van der Waals surface area contributed by atoms with Gasteiger partial charge in [-0.1, -0.05) is 135 Å². The third-order valence-corrected chi connectivity index (χ3v) is 8.98. The summed E-state index contributed by atoms with van der Waals surface area (Å²) in [5.74, 6) is -0.402. The molecular formula is C37H69O8P. The maximum Gasteiger partial charge on any atom is 0.469 e. The molecule has 1 rings (SSSR count). The summed E-state index contributed by atoms with van der Waals surface area (Å²) < 4.78 is 32.5. The second-order valence-corrected chi connectivity index (χ2v) is 14.2. The van der Waals surface area contributed by atoms with E-state index < -0.39 is 26.5 Å². The van der Waals surface area contributed by atoms with Crippen LogP contribution in [0.4, 0.5) is 0 Å². The zero-order chi connectivity index (χ0) is 33.6. The molecule has 9 heteroatoms. The van der Waals surface area contributed by atoms with Gasteiger partial charge in [-0.15, -0.1) is 0 Å². The fourth-order valence-electron chi connectivity index (χ4n) is 5.59. The van der Waals surface area contributed by atoms with Crippen molar-refractivity contribution in [1.29, 1.82) is 0 Å². The third-order valence-electron chi connectivity index (χ3n) is 8.49. The fourth-order valence-corrected chi connectivity index (χ4v) is 5.95. The van der Waals surface area contributed by atoms with Crippen molar-refractivity contribution in [2.45, 2.75) is 193 Å². The van der Waals surface area contributed by atoms with Gasteiger partial charge in [-0.05, 0) is 51.0 Å². The maximum absolute atomic E-state index is 12.4. The van der Waals surface area contributed by atoms with Crippen molar-refractivity contribution in [2.75, 3.05) is 13.2 Å². The number of hydrogen-bond acceptors (Lipinski definition) is 6. The molecule has 1 heterocycles. The molecule has 0 radical (unpaired) electrons. The molecular weight excluding hydrogens is 603 g/mol. The second-order valence-electron chi connectivity index (χ2n) is 13.0. The number of carbonyl (C=O) groups is 1. The number of esters is 1. The average molecular weight is 673 g/mol. The van der Waals surface area contributed by atoms with Gasteiger partial charge in [0, 0.05) is 6.42 Å². The molecule has 0 bridgehead atoms. The molecule has 0 aromatic heterocycles. The number of ether oxygens (including phenoxy) is 3. The number of rotatable bonds is 34. The molecule has 0 saturated carbocycles. The highest BCUT2D eigenvalue weighted by Gasteiger charge is 2.36. The van der Waals surface area contributed by atoms with Crippen LogP contribution in [0.3, 0.4) is 0 Å². The minimum Gasteiger partial charge on any atom is -0.498 e. The van der Waals surface area contributed by atoms with Gasteiger partial charge in [0.2, 0.25) is 0 Å². The van der Waals surface area contributed by atoms with Crippen LogP contribution in [-0.4, -0.2) is 47.3 Å². The Bertz CT molecular complexity index is 811. The molecule has 1 fully saturated rings. The summed E-state index contributed by atoms with van der Waals surface area (Å²) in [4.78, 5) is 30.5. The first-order valence-corrected chi connectivity index (χ1v) is 20.3. The molecule has 2 unspecified atom stereocenters. The van der Waals surface area contributed by atoms with Crippen molar-refractivity contribution in [3.05, 3.63) is 24.5 Å². The largest absolute Gasteiger partial charge is 0.498 e. The van der Waals surface area contributed by atoms with E-state index in [1.165, 1.54) is 96.3 Å². The summed E-state index contributed by atoms with van der Waals surface area (Å²) in [7, 11) is -4.67. The Balaban J connectivity index is 2.06. The molecule has 8 nitrogen and oxygen atoms in total. The minimum atomic E-state index is -4.67. The van der Waals surface area contributed by atoms with E-state index in [0.717, 1.165) is 57.8 Å². The van der Waals surface area contributed by atoms with Crippen molar-refractivity contribution in [3.8, 4) is 0 Å². The van der Waals surface area contributed by atoms with Gasteiger partial charge in [0.25, 0.3) is 0 Å². The Hall–Kier alpha value is -1.18. The fraction of sp³-hybridized carbons (Fsp3) is 0.865. The van der Waals surface area contributed by atoms with Gasteiger partial charge in [0.15, 0.2) is 6.10 Å². The van der Waals surface area contributed by atoms with Crippen LogP contribution < -0.4 is 0 Å². The van der Waals surface area contributed by atoms with Crippen molar-refractivity contribution in [1.82, 2.24) is 0 Å². The minimum absolute atomic E-state index is 0.0143. The van der Waals surface area contributed by atoms with Gasteiger partial charge in [-0.25, -0.2) is 4.57 Å². The summed E-state index contributed by atoms with van der Waals surface area (Å²) in [5.41, 5.74) is 0. The number of carbonyl (C=O) groups excluding carboxylic acids is 1. The Morgan fingerprint density at radius 1 is 0.696 bits per heavy atom. The summed E-state index contributed by atoms with van der Waals surface area (Å²) in [6.07, 6.45) is 37.0. The van der Waals surface area contributed by atoms with Crippen LogP contribution in [0.2, 0.25) is 0 Å². The smallest absolute Gasteiger partial charge is 0.469 e. The number of unbranched alkanes of at least 4 members (excludes halogenated alkanes) is 19. The first-order valence-electron chi connectivity index (χ1n) is 18.8. The summed E-state index contributed by atoms with van der Waals surface area (Å²) >= 11 is 0. The standard InChI is InChI=1S/C37H69O8P/c1-3-5-7-9-11-12-13-14-15-16-17-18-23-27-31-42-32-34(33-43-46(39,40)41)44-37(38)30-26-22-19-21-25-29-36-35(45-36)28-24-20-10-8-6-4-2/h20,24,27,31,34-36H,3-19,21-23,25-26,28-30,32-33H2,1-2H3,(H2,39,40,41)/b24-20-,31-27+/t34-,35?,36?/m1/s1. The molecule has 0 spiro atoms. The predicted octanol–water partition coefficient (Wildman–Crippen LogP) is 10.7. The van der Waals surface area contributed by atoms with Crippen LogP contribution in [-0.2, 0) is 28.1 Å². The van der Waals surface area contributed by atoms with Crippen molar-refractivity contribution < 1.29 is 37.9 Å². The van der Waals surface area contributed by atoms with E-state index >= 15 is 0 Å². The lowest BCUT2D eigenvalue weighted by molar-refractivity contribution is -0.153. The first-order chi connectivity index (χ1) is 22.4. The van der Waals surface area contributed by atoms with Gasteiger partial charge in [-0.2, -0.15) is 0 Å². The Morgan fingerprint density at radius 2 is 1.24 bits per heavy atom. The van der Waals surface area contributed by atoms with E-state index in [4.69, 9.17) is 24.0 Å². The van der Waals surface area contributed by atoms with Crippen LogP contribution in [0.25, 0.3) is 0 Å². The van der Waals surface area contributed by atoms with Crippen LogP contribution in [0.5, 0.6) is 0 Å². The quantitative estimate of drug-likeness (QED) is 0.0173. The zero-order valence-electron chi connectivity index (χ0n) is 29.4. The predicted molar refractivity (Wildman–Crippen MR) is 188 cm³/mol. The normalized spacial score (nSPS) is 17.2. The SMILES string of the molecule is CCCCC/C=C\CC1OC1CCCCCCCC(=O)O[C@H](CO/C=C/CCCCCCCCCCCCCC)COP(=O)(O)O. The van der Waals surface area contributed by atoms with E-state index in [2.05, 4.69) is 30.5 Å². The molecule has 2 N–H and O–H groups in total. The number of phosphoric acid groups is 1. The lowest BCUT2D eigenvalue weighted by atomic mass is 10.0. The highest BCUT2D eigenvalue weighted by molar-refractivity contribution is 7.46. The van der Waals surface area contributed by atoms with Gasteiger partial charge in [-0.3, -0.25) is 9.32 Å². The lowest BCUT2D eigenvalue weighted by Gasteiger charge is -2.18.